The van der Waals surface area contributed by atoms with Crippen LogP contribution in [0.1, 0.15) is 35.6 Å². The van der Waals surface area contributed by atoms with Gasteiger partial charge in [0.2, 0.25) is 0 Å². The highest BCUT2D eigenvalue weighted by Gasteiger charge is 2.15. The maximum atomic E-state index is 12.4. The molecule has 1 aromatic carbocycles. The predicted molar refractivity (Wildman–Crippen MR) is 96.5 cm³/mol. The van der Waals surface area contributed by atoms with E-state index in [4.69, 9.17) is 4.42 Å². The zero-order valence-electron chi connectivity index (χ0n) is 14.6. The van der Waals surface area contributed by atoms with E-state index in [2.05, 4.69) is 15.7 Å². The maximum Gasteiger partial charge on any atom is 0.319 e. The highest BCUT2D eigenvalue weighted by Crippen LogP contribution is 2.22. The van der Waals surface area contributed by atoms with E-state index in [-0.39, 0.29) is 12.1 Å². The average Bonchev–Trinajstić information content (AvgIpc) is 3.18. The topological polar surface area (TPSA) is 72.1 Å². The Bertz CT molecular complexity index is 852. The summed E-state index contributed by atoms with van der Waals surface area (Å²) in [6.07, 6.45) is 3.63. The van der Waals surface area contributed by atoms with Crippen molar-refractivity contribution >= 4 is 11.7 Å². The molecule has 6 heteroatoms. The molecule has 0 bridgehead atoms. The Morgan fingerprint density at radius 2 is 2.08 bits per heavy atom. The number of aryl methyl sites for hydroxylation is 2. The van der Waals surface area contributed by atoms with Crippen LogP contribution in [0.5, 0.6) is 0 Å². The van der Waals surface area contributed by atoms with Gasteiger partial charge in [0.05, 0.1) is 12.6 Å². The van der Waals surface area contributed by atoms with E-state index in [1.165, 1.54) is 0 Å². The van der Waals surface area contributed by atoms with Crippen molar-refractivity contribution in [2.75, 3.05) is 5.32 Å². The Kier molecular flexibility index (Phi) is 4.88. The number of nitrogens with zero attached hydrogens (tertiary/aromatic N) is 2. The van der Waals surface area contributed by atoms with E-state index < -0.39 is 0 Å². The molecular weight excluding hydrogens is 316 g/mol. The second-order valence-corrected chi connectivity index (χ2v) is 6.05. The molecule has 0 radical (unpaired) electrons. The lowest BCUT2D eigenvalue weighted by Crippen LogP contribution is -2.31. The molecule has 2 N–H and O–H groups in total. The summed E-state index contributed by atoms with van der Waals surface area (Å²) in [5, 5.41) is 10.1. The number of anilines is 1. The first-order valence-corrected chi connectivity index (χ1v) is 8.22. The number of hydrogen-bond donors (Lipinski definition) is 2. The lowest BCUT2D eigenvalue weighted by atomic mass is 10.1. The zero-order chi connectivity index (χ0) is 17.8. The smallest absolute Gasteiger partial charge is 0.319 e. The molecule has 2 aromatic heterocycles. The van der Waals surface area contributed by atoms with Crippen LogP contribution in [0.4, 0.5) is 10.5 Å². The summed E-state index contributed by atoms with van der Waals surface area (Å²) >= 11 is 0. The Morgan fingerprint density at radius 1 is 1.28 bits per heavy atom. The summed E-state index contributed by atoms with van der Waals surface area (Å²) in [7, 11) is 0. The van der Waals surface area contributed by atoms with Gasteiger partial charge in [-0.15, -0.1) is 0 Å². The van der Waals surface area contributed by atoms with Gasteiger partial charge in [0, 0.05) is 23.6 Å². The molecular formula is C19H22N4O2. The number of aromatic nitrogens is 2. The SMILES string of the molecule is Cc1cc([C@@H](C)NC(=O)Nc2ccccc2Cn2cccn2)c(C)o1. The molecule has 0 aliphatic rings. The van der Waals surface area contributed by atoms with Crippen molar-refractivity contribution in [3.05, 3.63) is 71.4 Å². The fourth-order valence-electron chi connectivity index (χ4n) is 2.86. The van der Waals surface area contributed by atoms with Crippen molar-refractivity contribution in [2.45, 2.75) is 33.4 Å². The quantitative estimate of drug-likeness (QED) is 0.738. The average molecular weight is 338 g/mol. The summed E-state index contributed by atoms with van der Waals surface area (Å²) in [6.45, 7) is 6.33. The van der Waals surface area contributed by atoms with Crippen LogP contribution in [0, 0.1) is 13.8 Å². The largest absolute Gasteiger partial charge is 0.466 e. The Morgan fingerprint density at radius 3 is 2.76 bits per heavy atom. The van der Waals surface area contributed by atoms with Crippen molar-refractivity contribution in [2.24, 2.45) is 0 Å². The summed E-state index contributed by atoms with van der Waals surface area (Å²) in [5.41, 5.74) is 2.74. The zero-order valence-corrected chi connectivity index (χ0v) is 14.6. The minimum absolute atomic E-state index is 0.143. The molecule has 0 saturated carbocycles. The molecule has 6 nitrogen and oxygen atoms in total. The van der Waals surface area contributed by atoms with E-state index in [9.17, 15) is 4.79 Å². The molecule has 3 rings (SSSR count). The van der Waals surface area contributed by atoms with Crippen molar-refractivity contribution in [3.8, 4) is 0 Å². The standard InChI is InChI=1S/C19H22N4O2/c1-13-11-17(15(3)25-13)14(2)21-19(24)22-18-8-5-4-7-16(18)12-23-10-6-9-20-23/h4-11,14H,12H2,1-3H3,(H2,21,22,24)/t14-/m1/s1. The molecule has 25 heavy (non-hydrogen) atoms. The van der Waals surface area contributed by atoms with Gasteiger partial charge in [-0.25, -0.2) is 4.79 Å². The number of carbonyl (C=O) groups is 1. The van der Waals surface area contributed by atoms with E-state index in [0.717, 1.165) is 28.3 Å². The minimum Gasteiger partial charge on any atom is -0.466 e. The molecule has 0 saturated heterocycles. The number of hydrogen-bond acceptors (Lipinski definition) is 3. The highest BCUT2D eigenvalue weighted by atomic mass is 16.3. The third kappa shape index (κ3) is 4.09. The lowest BCUT2D eigenvalue weighted by Gasteiger charge is -2.16. The third-order valence-electron chi connectivity index (χ3n) is 4.05. The van der Waals surface area contributed by atoms with Crippen LogP contribution < -0.4 is 10.6 Å². The van der Waals surface area contributed by atoms with Crippen molar-refractivity contribution < 1.29 is 9.21 Å². The van der Waals surface area contributed by atoms with Crippen LogP contribution in [0.15, 0.2) is 53.2 Å². The van der Waals surface area contributed by atoms with E-state index >= 15 is 0 Å². The van der Waals surface area contributed by atoms with Crippen LogP contribution in [0.3, 0.4) is 0 Å². The van der Waals surface area contributed by atoms with Gasteiger partial charge in [-0.05, 0) is 44.5 Å². The van der Waals surface area contributed by atoms with Gasteiger partial charge in [-0.1, -0.05) is 18.2 Å². The normalized spacial score (nSPS) is 12.0. The first-order chi connectivity index (χ1) is 12.0. The van der Waals surface area contributed by atoms with Gasteiger partial charge in [0.1, 0.15) is 11.5 Å². The van der Waals surface area contributed by atoms with Crippen molar-refractivity contribution in [1.82, 2.24) is 15.1 Å². The fourth-order valence-corrected chi connectivity index (χ4v) is 2.86. The first kappa shape index (κ1) is 16.8. The summed E-state index contributed by atoms with van der Waals surface area (Å²) in [4.78, 5) is 12.4. The van der Waals surface area contributed by atoms with Gasteiger partial charge in [-0.3, -0.25) is 4.68 Å². The van der Waals surface area contributed by atoms with Gasteiger partial charge < -0.3 is 15.1 Å². The molecule has 1 atom stereocenters. The van der Waals surface area contributed by atoms with Gasteiger partial charge in [0.25, 0.3) is 0 Å². The first-order valence-electron chi connectivity index (χ1n) is 8.22. The monoisotopic (exact) mass is 338 g/mol. The Labute approximate surface area is 146 Å². The number of furan rings is 1. The molecule has 130 valence electrons. The van der Waals surface area contributed by atoms with Crippen LogP contribution >= 0.6 is 0 Å². The van der Waals surface area contributed by atoms with Crippen LogP contribution in [-0.2, 0) is 6.54 Å². The van der Waals surface area contributed by atoms with Crippen LogP contribution in [-0.4, -0.2) is 15.8 Å². The predicted octanol–water partition coefficient (Wildman–Crippen LogP) is 4.02. The number of benzene rings is 1. The Hall–Kier alpha value is -3.02. The summed E-state index contributed by atoms with van der Waals surface area (Å²) in [5.74, 6) is 1.66. The van der Waals surface area contributed by atoms with Crippen molar-refractivity contribution in [3.63, 3.8) is 0 Å². The molecule has 2 heterocycles. The summed E-state index contributed by atoms with van der Waals surface area (Å²) < 4.78 is 7.35. The molecule has 0 aliphatic carbocycles. The van der Waals surface area contributed by atoms with E-state index in [1.807, 2.05) is 68.0 Å². The number of amides is 2. The molecule has 0 spiro atoms. The number of rotatable bonds is 5. The van der Waals surface area contributed by atoms with Gasteiger partial charge in [-0.2, -0.15) is 5.10 Å². The van der Waals surface area contributed by atoms with E-state index in [1.54, 1.807) is 6.20 Å². The van der Waals surface area contributed by atoms with Gasteiger partial charge >= 0.3 is 6.03 Å². The number of urea groups is 1. The molecule has 0 unspecified atom stereocenters. The third-order valence-corrected chi connectivity index (χ3v) is 4.05. The Balaban J connectivity index is 1.68. The summed E-state index contributed by atoms with van der Waals surface area (Å²) in [6, 6.07) is 11.1. The molecule has 0 aliphatic heterocycles. The molecule has 3 aromatic rings. The number of para-hydroxylation sites is 1. The highest BCUT2D eigenvalue weighted by molar-refractivity contribution is 5.90. The minimum atomic E-state index is -0.251. The number of carbonyl (C=O) groups excluding carboxylic acids is 1. The second kappa shape index (κ2) is 7.25. The van der Waals surface area contributed by atoms with Crippen LogP contribution in [0.2, 0.25) is 0 Å². The fraction of sp³-hybridized carbons (Fsp3) is 0.263. The van der Waals surface area contributed by atoms with E-state index in [0.29, 0.717) is 6.54 Å². The maximum absolute atomic E-state index is 12.4. The molecule has 0 fully saturated rings. The number of nitrogens with one attached hydrogen (secondary N) is 2. The van der Waals surface area contributed by atoms with Crippen LogP contribution in [0.25, 0.3) is 0 Å². The van der Waals surface area contributed by atoms with Crippen molar-refractivity contribution in [1.29, 1.82) is 0 Å². The second-order valence-electron chi connectivity index (χ2n) is 6.05. The lowest BCUT2D eigenvalue weighted by molar-refractivity contribution is 0.249. The molecule has 2 amide bonds. The van der Waals surface area contributed by atoms with Gasteiger partial charge in [0.15, 0.2) is 0 Å².